The van der Waals surface area contributed by atoms with Gasteiger partial charge in [0, 0.05) is 67.3 Å². The number of hydrogen-bond acceptors (Lipinski definition) is 10. The average Bonchev–Trinajstić information content (AvgIpc) is 3.73. The molecule has 0 aliphatic carbocycles. The van der Waals surface area contributed by atoms with Crippen LogP contribution in [0.5, 0.6) is 0 Å². The first-order valence-corrected chi connectivity index (χ1v) is 17.1. The maximum Gasteiger partial charge on any atom is 0.410 e. The summed E-state index contributed by atoms with van der Waals surface area (Å²) in [4.78, 5) is 27.4. The van der Waals surface area contributed by atoms with Crippen LogP contribution in [0.15, 0.2) is 36.0 Å². The van der Waals surface area contributed by atoms with Crippen molar-refractivity contribution in [3.63, 3.8) is 0 Å². The van der Waals surface area contributed by atoms with E-state index in [0.717, 1.165) is 13.1 Å². The number of carbonyl (C=O) groups excluding carboxylic acids is 2. The Bertz CT molecular complexity index is 1090. The average molecular weight is 749 g/mol. The van der Waals surface area contributed by atoms with Gasteiger partial charge in [0.05, 0.1) is 36.4 Å². The van der Waals surface area contributed by atoms with Gasteiger partial charge in [0.25, 0.3) is 0 Å². The third kappa shape index (κ3) is 11.6. The molecule has 2 fully saturated rings. The highest BCUT2D eigenvalue weighted by molar-refractivity contribution is 14.1. The zero-order valence-corrected chi connectivity index (χ0v) is 29.6. The Morgan fingerprint density at radius 1 is 1.29 bits per heavy atom. The summed E-state index contributed by atoms with van der Waals surface area (Å²) in [6, 6.07) is 0. The second kappa shape index (κ2) is 16.5. The molecular weight excluding hydrogens is 695 g/mol. The molecule has 0 bridgehead atoms. The maximum absolute atomic E-state index is 13.0. The van der Waals surface area contributed by atoms with Gasteiger partial charge in [0.15, 0.2) is 6.10 Å². The van der Waals surface area contributed by atoms with Crippen molar-refractivity contribution in [3.8, 4) is 0 Å². The number of esters is 1. The number of cyclic esters (lactones) is 1. The highest BCUT2D eigenvalue weighted by atomic mass is 127. The number of halogens is 1. The minimum Gasteiger partial charge on any atom is -0.457 e. The molecule has 1 unspecified atom stereocenters. The summed E-state index contributed by atoms with van der Waals surface area (Å²) < 4.78 is 19.5. The van der Waals surface area contributed by atoms with Gasteiger partial charge in [-0.3, -0.25) is 4.79 Å². The van der Waals surface area contributed by atoms with E-state index in [4.69, 9.17) is 14.2 Å². The van der Waals surface area contributed by atoms with Crippen LogP contribution in [-0.2, 0) is 19.0 Å². The van der Waals surface area contributed by atoms with E-state index in [-0.39, 0.29) is 43.3 Å². The van der Waals surface area contributed by atoms with Crippen molar-refractivity contribution in [2.24, 2.45) is 11.8 Å². The smallest absolute Gasteiger partial charge is 0.410 e. The van der Waals surface area contributed by atoms with E-state index in [1.165, 1.54) is 0 Å². The van der Waals surface area contributed by atoms with Crippen LogP contribution in [0, 0.1) is 11.8 Å². The molecule has 3 aliphatic heterocycles. The van der Waals surface area contributed by atoms with E-state index in [0.29, 0.717) is 31.5 Å². The number of aliphatic hydroxyl groups excluding tert-OH is 2. The van der Waals surface area contributed by atoms with Crippen molar-refractivity contribution >= 4 is 34.9 Å². The monoisotopic (exact) mass is 748 g/mol. The van der Waals surface area contributed by atoms with E-state index in [1.54, 1.807) is 49.1 Å². The summed E-state index contributed by atoms with van der Waals surface area (Å²) in [6.45, 7) is 13.3. The van der Waals surface area contributed by atoms with Crippen LogP contribution in [0.3, 0.4) is 0 Å². The Morgan fingerprint density at radius 2 is 1.96 bits per heavy atom. The van der Waals surface area contributed by atoms with Crippen molar-refractivity contribution in [1.29, 1.82) is 0 Å². The molecule has 256 valence electrons. The first kappa shape index (κ1) is 37.9. The van der Waals surface area contributed by atoms with Crippen LogP contribution >= 0.6 is 22.9 Å². The SMILES string of the molecule is CC[C@H](O)[C@@H](C)[C@H]1O[C@@H]1CC(C)(O)/C=C/C=C(\C)[C@H]1OC(=O)C[C@H](O)CC[C@@](C)(O)[C@@H](OC(=O)N2CCN(I)CC2)/C=C/[C@@H]1C. The zero-order valence-electron chi connectivity index (χ0n) is 27.5. The van der Waals surface area contributed by atoms with Gasteiger partial charge < -0.3 is 39.5 Å². The molecular formula is C33H53IN2O9. The number of carbonyl (C=O) groups is 2. The number of amides is 1. The maximum atomic E-state index is 13.0. The molecule has 3 heterocycles. The minimum atomic E-state index is -1.48. The molecule has 0 aromatic carbocycles. The Balaban J connectivity index is 1.74. The summed E-state index contributed by atoms with van der Waals surface area (Å²) in [5, 5.41) is 43.0. The molecule has 45 heavy (non-hydrogen) atoms. The molecule has 0 aromatic heterocycles. The van der Waals surface area contributed by atoms with Gasteiger partial charge in [-0.15, -0.1) is 0 Å². The van der Waals surface area contributed by atoms with Crippen LogP contribution in [-0.4, -0.2) is 115 Å². The van der Waals surface area contributed by atoms with Crippen LogP contribution in [0.4, 0.5) is 4.79 Å². The summed E-state index contributed by atoms with van der Waals surface area (Å²) in [5.74, 6) is -0.944. The predicted octanol–water partition coefficient (Wildman–Crippen LogP) is 3.68. The van der Waals surface area contributed by atoms with Crippen molar-refractivity contribution in [2.75, 3.05) is 26.2 Å². The lowest BCUT2D eigenvalue weighted by atomic mass is 9.88. The highest BCUT2D eigenvalue weighted by Gasteiger charge is 2.47. The van der Waals surface area contributed by atoms with Gasteiger partial charge in [-0.25, -0.2) is 7.91 Å². The Morgan fingerprint density at radius 3 is 2.60 bits per heavy atom. The molecule has 2 saturated heterocycles. The van der Waals surface area contributed by atoms with Gasteiger partial charge in [0.1, 0.15) is 11.7 Å². The number of hydrogen-bond donors (Lipinski definition) is 4. The molecule has 1 amide bonds. The Labute approximate surface area is 281 Å². The highest BCUT2D eigenvalue weighted by Crippen LogP contribution is 2.37. The number of epoxide rings is 1. The van der Waals surface area contributed by atoms with E-state index in [1.807, 2.05) is 27.7 Å². The van der Waals surface area contributed by atoms with Crippen molar-refractivity contribution in [2.45, 2.75) is 121 Å². The lowest BCUT2D eigenvalue weighted by Crippen LogP contribution is -2.49. The van der Waals surface area contributed by atoms with Crippen molar-refractivity contribution in [3.05, 3.63) is 36.0 Å². The first-order valence-electron chi connectivity index (χ1n) is 16.1. The number of piperazine rings is 1. The number of aliphatic hydroxyl groups is 4. The molecule has 10 atom stereocenters. The third-order valence-corrected chi connectivity index (χ3v) is 10.0. The van der Waals surface area contributed by atoms with Gasteiger partial charge in [-0.2, -0.15) is 0 Å². The van der Waals surface area contributed by atoms with E-state index in [9.17, 15) is 30.0 Å². The lowest BCUT2D eigenvalue weighted by molar-refractivity contribution is -0.151. The van der Waals surface area contributed by atoms with Crippen LogP contribution in [0.2, 0.25) is 0 Å². The van der Waals surface area contributed by atoms with Gasteiger partial charge in [0.2, 0.25) is 0 Å². The largest absolute Gasteiger partial charge is 0.457 e. The molecule has 3 rings (SSSR count). The molecule has 0 radical (unpaired) electrons. The van der Waals surface area contributed by atoms with Crippen LogP contribution in [0.25, 0.3) is 0 Å². The summed E-state index contributed by atoms with van der Waals surface area (Å²) in [5.41, 5.74) is -1.93. The third-order valence-electron chi connectivity index (χ3n) is 9.08. The molecule has 3 aliphatic rings. The van der Waals surface area contributed by atoms with E-state index < -0.39 is 47.7 Å². The molecule has 4 N–H and O–H groups in total. The van der Waals surface area contributed by atoms with E-state index >= 15 is 0 Å². The van der Waals surface area contributed by atoms with Crippen LogP contribution < -0.4 is 0 Å². The summed E-state index contributed by atoms with van der Waals surface area (Å²) in [6.07, 6.45) is 5.70. The van der Waals surface area contributed by atoms with E-state index in [2.05, 4.69) is 26.0 Å². The predicted molar refractivity (Wildman–Crippen MR) is 178 cm³/mol. The number of rotatable bonds is 9. The fourth-order valence-corrected chi connectivity index (χ4v) is 6.28. The fraction of sp³-hybridized carbons (Fsp3) is 0.758. The Hall–Kier alpha value is -1.55. The number of allylic oxidation sites excluding steroid dienone is 2. The second-order valence-electron chi connectivity index (χ2n) is 13.4. The first-order chi connectivity index (χ1) is 21.0. The summed E-state index contributed by atoms with van der Waals surface area (Å²) >= 11 is 2.22. The fourth-order valence-electron chi connectivity index (χ4n) is 5.85. The number of ether oxygens (including phenoxy) is 3. The Kier molecular flexibility index (Phi) is 13.9. The standard InChI is InChI=1S/C33H53IN2O9/c1-7-25(38)23(4)30-26(43-30)20-32(5,41)13-8-9-21(2)29-22(3)10-11-27(44-31(40)35-15-17-36(34)18-16-35)33(6,42)14-12-24(37)19-28(39)45-29/h8-11,13,22-27,29-30,37-38,41-42H,7,12,14-20H2,1-6H3/b11-10+,13-8+,21-9+/t22-,23+,24+,25-,26+,27-,29+,30+,32?,33+/m0/s1. The molecule has 11 nitrogen and oxygen atoms in total. The topological polar surface area (TPSA) is 153 Å². The molecule has 0 spiro atoms. The van der Waals surface area contributed by atoms with Crippen molar-refractivity contribution in [1.82, 2.24) is 8.01 Å². The minimum absolute atomic E-state index is 0.0101. The quantitative estimate of drug-likeness (QED) is 0.0687. The van der Waals surface area contributed by atoms with Gasteiger partial charge in [-0.05, 0) is 51.7 Å². The second-order valence-corrected chi connectivity index (χ2v) is 14.8. The van der Waals surface area contributed by atoms with Crippen LogP contribution in [0.1, 0.15) is 73.6 Å². The molecule has 0 saturated carbocycles. The zero-order chi connectivity index (χ0) is 33.5. The molecule has 0 aromatic rings. The van der Waals surface area contributed by atoms with Gasteiger partial charge >= 0.3 is 12.1 Å². The van der Waals surface area contributed by atoms with Gasteiger partial charge in [-0.1, -0.05) is 45.1 Å². The normalized spacial score (nSPS) is 35.8. The molecule has 12 heteroatoms. The van der Waals surface area contributed by atoms with Crippen molar-refractivity contribution < 1.29 is 44.2 Å². The lowest BCUT2D eigenvalue weighted by Gasteiger charge is -2.36. The summed E-state index contributed by atoms with van der Waals surface area (Å²) in [7, 11) is 0. The number of nitrogens with zero attached hydrogens (tertiary/aromatic N) is 2.